The lowest BCUT2D eigenvalue weighted by Gasteiger charge is -2.18. The van der Waals surface area contributed by atoms with Crippen molar-refractivity contribution in [2.75, 3.05) is 26.2 Å². The molecule has 0 spiro atoms. The number of pyridine rings is 1. The zero-order valence-electron chi connectivity index (χ0n) is 13.2. The predicted octanol–water partition coefficient (Wildman–Crippen LogP) is 0.224. The predicted molar refractivity (Wildman–Crippen MR) is 84.8 cm³/mol. The molecule has 25 heavy (non-hydrogen) atoms. The van der Waals surface area contributed by atoms with E-state index in [4.69, 9.17) is 15.6 Å². The Morgan fingerprint density at radius 3 is 2.60 bits per heavy atom. The zero-order chi connectivity index (χ0) is 18.2. The topological polar surface area (TPSA) is 123 Å². The Morgan fingerprint density at radius 2 is 2.12 bits per heavy atom. The number of carboxylic acid groups (broad SMARTS) is 1. The Hall–Kier alpha value is -2.04. The minimum absolute atomic E-state index is 0.00751. The molecule has 1 saturated carbocycles. The minimum atomic E-state index is -3.72. The number of ether oxygens (including phenoxy) is 1. The summed E-state index contributed by atoms with van der Waals surface area (Å²) in [5.41, 5.74) is 5.56. The van der Waals surface area contributed by atoms with Crippen molar-refractivity contribution in [1.82, 2.24) is 9.29 Å². The highest BCUT2D eigenvalue weighted by Gasteiger charge is 2.61. The smallest absolute Gasteiger partial charge is 0.307 e. The van der Waals surface area contributed by atoms with E-state index in [9.17, 15) is 17.6 Å². The summed E-state index contributed by atoms with van der Waals surface area (Å²) in [4.78, 5) is 14.9. The molecule has 2 fully saturated rings. The summed E-state index contributed by atoms with van der Waals surface area (Å²) in [6.45, 7) is 0.364. The summed E-state index contributed by atoms with van der Waals surface area (Å²) < 4.78 is 44.1. The number of piperidine rings is 1. The van der Waals surface area contributed by atoms with E-state index < -0.39 is 21.9 Å². The van der Waals surface area contributed by atoms with Crippen LogP contribution in [0.3, 0.4) is 0 Å². The van der Waals surface area contributed by atoms with Crippen molar-refractivity contribution < 1.29 is 27.4 Å². The SMILES string of the molecule is NC/C(=C/F)COc1ccc(S(=O)(=O)N2CC3C(C2)C3C(=O)O)cn1. The number of halogens is 1. The fraction of sp³-hybridized carbons (Fsp3) is 0.467. The second-order valence-corrected chi connectivity index (χ2v) is 8.04. The van der Waals surface area contributed by atoms with Gasteiger partial charge < -0.3 is 15.6 Å². The molecule has 10 heteroatoms. The lowest BCUT2D eigenvalue weighted by atomic mass is 10.3. The van der Waals surface area contributed by atoms with E-state index in [1.54, 1.807) is 0 Å². The van der Waals surface area contributed by atoms with Gasteiger partial charge in [-0.25, -0.2) is 17.8 Å². The number of hydrogen-bond acceptors (Lipinski definition) is 6. The molecule has 1 aromatic heterocycles. The second kappa shape index (κ2) is 6.70. The van der Waals surface area contributed by atoms with Crippen LogP contribution < -0.4 is 10.5 Å². The van der Waals surface area contributed by atoms with Crippen molar-refractivity contribution in [3.63, 3.8) is 0 Å². The summed E-state index contributed by atoms with van der Waals surface area (Å²) in [6.07, 6.45) is 1.53. The van der Waals surface area contributed by atoms with Crippen molar-refractivity contribution in [3.8, 4) is 5.88 Å². The maximum atomic E-state index is 12.6. The van der Waals surface area contributed by atoms with Gasteiger partial charge in [0.25, 0.3) is 0 Å². The Bertz CT molecular complexity index is 784. The Morgan fingerprint density at radius 1 is 1.44 bits per heavy atom. The van der Waals surface area contributed by atoms with Gasteiger partial charge in [0.1, 0.15) is 11.5 Å². The van der Waals surface area contributed by atoms with Gasteiger partial charge >= 0.3 is 5.97 Å². The highest BCUT2D eigenvalue weighted by atomic mass is 32.2. The quantitative estimate of drug-likeness (QED) is 0.703. The van der Waals surface area contributed by atoms with E-state index in [1.165, 1.54) is 22.6 Å². The molecule has 136 valence electrons. The van der Waals surface area contributed by atoms with Gasteiger partial charge in [-0.1, -0.05) is 0 Å². The van der Waals surface area contributed by atoms with Crippen LogP contribution in [-0.2, 0) is 14.8 Å². The first-order chi connectivity index (χ1) is 11.9. The van der Waals surface area contributed by atoms with E-state index in [1.807, 2.05) is 0 Å². The molecule has 2 unspecified atom stereocenters. The number of carbonyl (C=O) groups is 1. The van der Waals surface area contributed by atoms with Crippen LogP contribution in [0.25, 0.3) is 0 Å². The van der Waals surface area contributed by atoms with Gasteiger partial charge in [-0.05, 0) is 17.9 Å². The van der Waals surface area contributed by atoms with E-state index in [-0.39, 0.29) is 54.4 Å². The van der Waals surface area contributed by atoms with Crippen LogP contribution in [0.1, 0.15) is 0 Å². The molecule has 8 nitrogen and oxygen atoms in total. The molecule has 3 rings (SSSR count). The van der Waals surface area contributed by atoms with E-state index in [2.05, 4.69) is 4.98 Å². The first-order valence-corrected chi connectivity index (χ1v) is 9.12. The fourth-order valence-corrected chi connectivity index (χ4v) is 4.57. The average Bonchev–Trinajstić information content (AvgIpc) is 3.11. The molecule has 0 bridgehead atoms. The number of nitrogens with two attached hydrogens (primary N) is 1. The number of rotatable bonds is 7. The standard InChI is InChI=1S/C15H18FN3O5S/c16-3-9(4-17)8-24-13-2-1-10(5-18-13)25(22,23)19-6-11-12(7-19)14(11)15(20)21/h1-3,5,11-12,14H,4,6-8,17H2,(H,20,21)/b9-3-. The van der Waals surface area contributed by atoms with Gasteiger partial charge in [0.15, 0.2) is 0 Å². The molecular formula is C15H18FN3O5S. The van der Waals surface area contributed by atoms with Crippen LogP contribution in [0.2, 0.25) is 0 Å². The summed E-state index contributed by atoms with van der Waals surface area (Å²) in [5, 5.41) is 8.99. The van der Waals surface area contributed by atoms with Crippen LogP contribution >= 0.6 is 0 Å². The first kappa shape index (κ1) is 17.8. The van der Waals surface area contributed by atoms with E-state index >= 15 is 0 Å². The molecule has 2 heterocycles. The van der Waals surface area contributed by atoms with Crippen LogP contribution in [0.15, 0.2) is 35.1 Å². The zero-order valence-corrected chi connectivity index (χ0v) is 14.0. The lowest BCUT2D eigenvalue weighted by molar-refractivity contribution is -0.139. The Balaban J connectivity index is 1.63. The van der Waals surface area contributed by atoms with Crippen molar-refractivity contribution >= 4 is 16.0 Å². The molecule has 2 atom stereocenters. The first-order valence-electron chi connectivity index (χ1n) is 7.68. The second-order valence-electron chi connectivity index (χ2n) is 6.11. The number of carboxylic acids is 1. The van der Waals surface area contributed by atoms with Crippen LogP contribution in [0.5, 0.6) is 5.88 Å². The largest absolute Gasteiger partial charge is 0.481 e. The molecule has 3 N–H and O–H groups in total. The van der Waals surface area contributed by atoms with Crippen molar-refractivity contribution in [3.05, 3.63) is 30.2 Å². The summed E-state index contributed by atoms with van der Waals surface area (Å²) in [7, 11) is -3.72. The van der Waals surface area contributed by atoms with E-state index in [0.29, 0.717) is 6.33 Å². The van der Waals surface area contributed by atoms with E-state index in [0.717, 1.165) is 0 Å². The van der Waals surface area contributed by atoms with Crippen LogP contribution in [0, 0.1) is 17.8 Å². The number of sulfonamides is 1. The highest BCUT2D eigenvalue weighted by molar-refractivity contribution is 7.89. The van der Waals surface area contributed by atoms with Gasteiger partial charge in [-0.3, -0.25) is 4.79 Å². The maximum Gasteiger partial charge on any atom is 0.307 e. The minimum Gasteiger partial charge on any atom is -0.481 e. The fourth-order valence-electron chi connectivity index (χ4n) is 3.11. The molecule has 1 aliphatic heterocycles. The summed E-state index contributed by atoms with van der Waals surface area (Å²) in [6, 6.07) is 2.74. The lowest BCUT2D eigenvalue weighted by Crippen LogP contribution is -2.32. The molecular weight excluding hydrogens is 353 g/mol. The van der Waals surface area contributed by atoms with Gasteiger partial charge in [0.2, 0.25) is 15.9 Å². The third kappa shape index (κ3) is 3.37. The molecule has 0 amide bonds. The molecule has 0 radical (unpaired) electrons. The van der Waals surface area contributed by atoms with Gasteiger partial charge in [-0.2, -0.15) is 4.31 Å². The Kier molecular flexibility index (Phi) is 4.76. The highest BCUT2D eigenvalue weighted by Crippen LogP contribution is 2.52. The molecule has 1 aromatic rings. The van der Waals surface area contributed by atoms with Crippen molar-refractivity contribution in [2.45, 2.75) is 4.90 Å². The van der Waals surface area contributed by atoms with Gasteiger partial charge in [0.05, 0.1) is 18.4 Å². The third-order valence-electron chi connectivity index (χ3n) is 4.61. The van der Waals surface area contributed by atoms with Gasteiger partial charge in [0, 0.05) is 31.3 Å². The third-order valence-corrected chi connectivity index (χ3v) is 6.43. The van der Waals surface area contributed by atoms with Crippen molar-refractivity contribution in [1.29, 1.82) is 0 Å². The number of fused-ring (bicyclic) bond motifs is 1. The normalized spacial score (nSPS) is 26.3. The summed E-state index contributed by atoms with van der Waals surface area (Å²) in [5.74, 6) is -1.35. The monoisotopic (exact) mass is 371 g/mol. The maximum absolute atomic E-state index is 12.6. The molecule has 0 aromatic carbocycles. The number of aromatic nitrogens is 1. The van der Waals surface area contributed by atoms with Gasteiger partial charge in [-0.15, -0.1) is 0 Å². The molecule has 1 saturated heterocycles. The molecule has 2 aliphatic rings. The number of hydrogen-bond donors (Lipinski definition) is 2. The average molecular weight is 371 g/mol. The number of aliphatic carboxylic acids is 1. The van der Waals surface area contributed by atoms with Crippen molar-refractivity contribution in [2.24, 2.45) is 23.5 Å². The summed E-state index contributed by atoms with van der Waals surface area (Å²) >= 11 is 0. The molecule has 1 aliphatic carbocycles. The number of nitrogens with zero attached hydrogens (tertiary/aromatic N) is 2. The van der Waals surface area contributed by atoms with Crippen LogP contribution in [0.4, 0.5) is 4.39 Å². The van der Waals surface area contributed by atoms with Crippen LogP contribution in [-0.4, -0.2) is 55.0 Å². The Labute approximate surface area is 144 Å².